The van der Waals surface area contributed by atoms with Crippen molar-refractivity contribution in [3.05, 3.63) is 53.7 Å². The molecule has 3 rings (SSSR count). The van der Waals surface area contributed by atoms with Crippen LogP contribution in [0.15, 0.2) is 42.6 Å². The summed E-state index contributed by atoms with van der Waals surface area (Å²) in [6, 6.07) is 10.8. The van der Waals surface area contributed by atoms with Gasteiger partial charge in [-0.15, -0.1) is 0 Å². The number of carbonyl (C=O) groups excluding carboxylic acids is 3. The molecule has 2 heterocycles. The fourth-order valence-corrected chi connectivity index (χ4v) is 3.73. The molecule has 1 fully saturated rings. The highest BCUT2D eigenvalue weighted by Gasteiger charge is 2.34. The van der Waals surface area contributed by atoms with Gasteiger partial charge in [-0.25, -0.2) is 4.98 Å². The van der Waals surface area contributed by atoms with E-state index < -0.39 is 17.7 Å². The molecule has 3 N–H and O–H groups in total. The van der Waals surface area contributed by atoms with E-state index in [2.05, 4.69) is 17.2 Å². The molecule has 0 spiro atoms. The Hall–Kier alpha value is -3.42. The number of primary amides is 1. The lowest BCUT2D eigenvalue weighted by molar-refractivity contribution is -0.146. The van der Waals surface area contributed by atoms with Crippen molar-refractivity contribution < 1.29 is 14.4 Å². The van der Waals surface area contributed by atoms with E-state index in [1.165, 1.54) is 18.3 Å². The minimum atomic E-state index is -0.834. The van der Waals surface area contributed by atoms with Gasteiger partial charge in [0.2, 0.25) is 0 Å². The third kappa shape index (κ3) is 4.59. The molecule has 1 aliphatic rings. The number of amides is 3. The van der Waals surface area contributed by atoms with Crippen LogP contribution in [0.2, 0.25) is 0 Å². The fourth-order valence-electron chi connectivity index (χ4n) is 3.73. The quantitative estimate of drug-likeness (QED) is 0.753. The molecule has 158 valence electrons. The summed E-state index contributed by atoms with van der Waals surface area (Å²) in [5.41, 5.74) is 7.41. The maximum atomic E-state index is 13.1. The molecule has 1 aromatic heterocycles. The van der Waals surface area contributed by atoms with Crippen LogP contribution in [0.4, 0.5) is 11.5 Å². The third-order valence-corrected chi connectivity index (χ3v) is 5.35. The van der Waals surface area contributed by atoms with Crippen molar-refractivity contribution in [2.24, 2.45) is 11.7 Å². The van der Waals surface area contributed by atoms with E-state index in [1.807, 2.05) is 43.3 Å². The van der Waals surface area contributed by atoms with Crippen LogP contribution in [0.3, 0.4) is 0 Å². The summed E-state index contributed by atoms with van der Waals surface area (Å²) in [7, 11) is 3.92. The summed E-state index contributed by atoms with van der Waals surface area (Å²) in [4.78, 5) is 45.0. The number of hydrogen-bond donors (Lipinski definition) is 2. The summed E-state index contributed by atoms with van der Waals surface area (Å²) >= 11 is 0. The maximum absolute atomic E-state index is 13.1. The normalized spacial score (nSPS) is 18.6. The lowest BCUT2D eigenvalue weighted by Gasteiger charge is -2.38. The van der Waals surface area contributed by atoms with Gasteiger partial charge < -0.3 is 20.9 Å². The van der Waals surface area contributed by atoms with Crippen molar-refractivity contribution in [3.63, 3.8) is 0 Å². The average molecular weight is 409 g/mol. The predicted octanol–water partition coefficient (Wildman–Crippen LogP) is 2.18. The van der Waals surface area contributed by atoms with Gasteiger partial charge in [0.25, 0.3) is 5.91 Å². The molecule has 0 unspecified atom stereocenters. The van der Waals surface area contributed by atoms with Crippen LogP contribution < -0.4 is 16.0 Å². The van der Waals surface area contributed by atoms with Crippen molar-refractivity contribution in [2.75, 3.05) is 30.9 Å². The number of nitrogens with zero attached hydrogens (tertiary/aromatic N) is 3. The molecule has 8 nitrogen and oxygen atoms in total. The number of nitrogens with two attached hydrogens (primary N) is 1. The van der Waals surface area contributed by atoms with Crippen molar-refractivity contribution in [1.82, 2.24) is 9.88 Å². The molecular formula is C22H27N5O3. The van der Waals surface area contributed by atoms with E-state index in [1.54, 1.807) is 4.90 Å². The Morgan fingerprint density at radius 1 is 1.17 bits per heavy atom. The molecular weight excluding hydrogens is 382 g/mol. The first kappa shape index (κ1) is 21.3. The first-order chi connectivity index (χ1) is 14.3. The number of likely N-dealkylation sites (tertiary alicyclic amines) is 1. The van der Waals surface area contributed by atoms with Crippen LogP contribution in [0.1, 0.15) is 41.7 Å². The van der Waals surface area contributed by atoms with Gasteiger partial charge >= 0.3 is 11.8 Å². The van der Waals surface area contributed by atoms with Crippen LogP contribution in [0, 0.1) is 5.92 Å². The summed E-state index contributed by atoms with van der Waals surface area (Å²) in [6.07, 6.45) is 3.16. The van der Waals surface area contributed by atoms with Gasteiger partial charge in [-0.1, -0.05) is 19.1 Å². The zero-order valence-electron chi connectivity index (χ0n) is 17.5. The zero-order chi connectivity index (χ0) is 21.8. The van der Waals surface area contributed by atoms with E-state index >= 15 is 0 Å². The topological polar surface area (TPSA) is 109 Å². The van der Waals surface area contributed by atoms with E-state index in [0.29, 0.717) is 6.54 Å². The zero-order valence-corrected chi connectivity index (χ0v) is 17.5. The second-order valence-electron chi connectivity index (χ2n) is 7.86. The van der Waals surface area contributed by atoms with E-state index in [-0.39, 0.29) is 23.3 Å². The van der Waals surface area contributed by atoms with Gasteiger partial charge in [-0.05, 0) is 48.6 Å². The van der Waals surface area contributed by atoms with Gasteiger partial charge in [0.15, 0.2) is 0 Å². The standard InChI is InChI=1S/C22H27N5O3/c1-14-9-10-18(15-6-4-7-16(12-15)26(2)3)27(13-14)22(30)21(29)25-20-17(19(23)28)8-5-11-24-20/h4-8,11-12,14,18H,9-10,13H2,1-3H3,(H2,23,28)(H,24,25,29)/t14-,18+/m0/s1. The highest BCUT2D eigenvalue weighted by Crippen LogP contribution is 2.34. The monoisotopic (exact) mass is 409 g/mol. The van der Waals surface area contributed by atoms with Crippen LogP contribution >= 0.6 is 0 Å². The number of benzene rings is 1. The van der Waals surface area contributed by atoms with Crippen molar-refractivity contribution in [3.8, 4) is 0 Å². The third-order valence-electron chi connectivity index (χ3n) is 5.35. The summed E-state index contributed by atoms with van der Waals surface area (Å²) < 4.78 is 0. The molecule has 30 heavy (non-hydrogen) atoms. The average Bonchev–Trinajstić information content (AvgIpc) is 2.73. The minimum Gasteiger partial charge on any atom is -0.378 e. The Kier molecular flexibility index (Phi) is 6.34. The van der Waals surface area contributed by atoms with Gasteiger partial charge in [0.05, 0.1) is 11.6 Å². The Balaban J connectivity index is 1.85. The molecule has 1 aliphatic heterocycles. The Bertz CT molecular complexity index is 959. The smallest absolute Gasteiger partial charge is 0.315 e. The largest absolute Gasteiger partial charge is 0.378 e. The van der Waals surface area contributed by atoms with Crippen molar-refractivity contribution >= 4 is 29.2 Å². The van der Waals surface area contributed by atoms with Gasteiger partial charge in [0, 0.05) is 32.5 Å². The molecule has 0 radical (unpaired) electrons. The number of carbonyl (C=O) groups is 3. The molecule has 0 aliphatic carbocycles. The van der Waals surface area contributed by atoms with E-state index in [9.17, 15) is 14.4 Å². The minimum absolute atomic E-state index is 0.0143. The number of nitrogens with one attached hydrogen (secondary N) is 1. The number of piperidine rings is 1. The summed E-state index contributed by atoms with van der Waals surface area (Å²) in [6.45, 7) is 2.54. The Labute approximate surface area is 176 Å². The number of anilines is 2. The lowest BCUT2D eigenvalue weighted by atomic mass is 9.89. The van der Waals surface area contributed by atoms with Crippen LogP contribution in [-0.2, 0) is 9.59 Å². The van der Waals surface area contributed by atoms with Gasteiger partial charge in [-0.2, -0.15) is 0 Å². The van der Waals surface area contributed by atoms with Crippen LogP contribution in [0.5, 0.6) is 0 Å². The fraction of sp³-hybridized carbons (Fsp3) is 0.364. The Morgan fingerprint density at radius 2 is 1.93 bits per heavy atom. The number of hydrogen-bond acceptors (Lipinski definition) is 5. The van der Waals surface area contributed by atoms with Gasteiger partial charge in [-0.3, -0.25) is 14.4 Å². The first-order valence-corrected chi connectivity index (χ1v) is 9.92. The van der Waals surface area contributed by atoms with E-state index in [0.717, 1.165) is 24.1 Å². The SMILES string of the molecule is C[C@H]1CC[C@H](c2cccc(N(C)C)c2)N(C(=O)C(=O)Nc2ncccc2C(N)=O)C1. The Morgan fingerprint density at radius 3 is 2.63 bits per heavy atom. The predicted molar refractivity (Wildman–Crippen MR) is 115 cm³/mol. The molecule has 0 bridgehead atoms. The van der Waals surface area contributed by atoms with Crippen LogP contribution in [-0.4, -0.2) is 48.2 Å². The van der Waals surface area contributed by atoms with Crippen molar-refractivity contribution in [1.29, 1.82) is 0 Å². The molecule has 3 amide bonds. The molecule has 8 heteroatoms. The number of aromatic nitrogens is 1. The van der Waals surface area contributed by atoms with Crippen molar-refractivity contribution in [2.45, 2.75) is 25.8 Å². The highest BCUT2D eigenvalue weighted by molar-refractivity contribution is 6.39. The van der Waals surface area contributed by atoms with Crippen LogP contribution in [0.25, 0.3) is 0 Å². The molecule has 2 atom stereocenters. The van der Waals surface area contributed by atoms with E-state index in [4.69, 9.17) is 5.73 Å². The maximum Gasteiger partial charge on any atom is 0.315 e. The molecule has 0 saturated carbocycles. The second kappa shape index (κ2) is 8.94. The summed E-state index contributed by atoms with van der Waals surface area (Å²) in [5, 5.41) is 2.46. The lowest BCUT2D eigenvalue weighted by Crippen LogP contribution is -2.46. The first-order valence-electron chi connectivity index (χ1n) is 9.92. The highest BCUT2D eigenvalue weighted by atomic mass is 16.2. The molecule has 2 aromatic rings. The number of pyridine rings is 1. The van der Waals surface area contributed by atoms with Gasteiger partial charge in [0.1, 0.15) is 5.82 Å². The number of rotatable bonds is 4. The molecule has 1 saturated heterocycles. The second-order valence-corrected chi connectivity index (χ2v) is 7.86. The molecule has 1 aromatic carbocycles. The summed E-state index contributed by atoms with van der Waals surface area (Å²) in [5.74, 6) is -1.94.